The van der Waals surface area contributed by atoms with Gasteiger partial charge in [0, 0.05) is 36.8 Å². The maximum Gasteiger partial charge on any atom is 0.245 e. The second-order valence-electron chi connectivity index (χ2n) is 6.93. The zero-order valence-electron chi connectivity index (χ0n) is 22.0. The van der Waals surface area contributed by atoms with Gasteiger partial charge in [-0.2, -0.15) is 0 Å². The fourth-order valence-electron chi connectivity index (χ4n) is 3.97. The van der Waals surface area contributed by atoms with Gasteiger partial charge < -0.3 is 24.3 Å². The Morgan fingerprint density at radius 1 is 1.21 bits per heavy atom. The van der Waals surface area contributed by atoms with Crippen LogP contribution in [0, 0.1) is 0 Å². The van der Waals surface area contributed by atoms with Crippen molar-refractivity contribution in [1.82, 2.24) is 14.8 Å². The Morgan fingerprint density at radius 2 is 2.07 bits per heavy atom. The van der Waals surface area contributed by atoms with E-state index in [4.69, 9.17) is 16.3 Å². The Kier molecular flexibility index (Phi) is 2.17. The number of carbonyl (C=O) groups excluding carboxylic acids is 2. The van der Waals surface area contributed by atoms with E-state index < -0.39 is 43.7 Å². The Hall–Kier alpha value is -3.48. The molecule has 6 rings (SSSR count). The quantitative estimate of drug-likeness (QED) is 0.684. The molecule has 146 valence electrons. The van der Waals surface area contributed by atoms with Crippen molar-refractivity contribution < 1.29 is 28.7 Å². The fourth-order valence-corrected chi connectivity index (χ4v) is 3.97. The molecule has 4 heterocycles. The number of aromatic nitrogens is 1. The van der Waals surface area contributed by atoms with Crippen LogP contribution in [-0.4, -0.2) is 52.9 Å². The Morgan fingerprint density at radius 3 is 2.97 bits per heavy atom. The van der Waals surface area contributed by atoms with E-state index in [1.54, 1.807) is 24.3 Å². The molecule has 1 fully saturated rings. The summed E-state index contributed by atoms with van der Waals surface area (Å²) in [5.41, 5.74) is 0.333. The van der Waals surface area contributed by atoms with Gasteiger partial charge in [0.15, 0.2) is 11.5 Å². The number of para-hydroxylation sites is 1. The zero-order valence-corrected chi connectivity index (χ0v) is 15.0. The van der Waals surface area contributed by atoms with Crippen LogP contribution in [0.1, 0.15) is 32.4 Å². The predicted molar refractivity (Wildman–Crippen MR) is 105 cm³/mol. The molecule has 29 heavy (non-hydrogen) atoms. The van der Waals surface area contributed by atoms with Crippen LogP contribution in [-0.2, 0) is 16.0 Å². The molecule has 7 nitrogen and oxygen atoms in total. The van der Waals surface area contributed by atoms with Crippen LogP contribution in [0.5, 0.6) is 11.5 Å². The molecule has 0 aliphatic carbocycles. The van der Waals surface area contributed by atoms with Crippen molar-refractivity contribution in [2.45, 2.75) is 18.4 Å². The third-order valence-corrected chi connectivity index (χ3v) is 5.27. The van der Waals surface area contributed by atoms with Gasteiger partial charge in [-0.05, 0) is 29.3 Å². The van der Waals surface area contributed by atoms with E-state index in [-0.39, 0.29) is 34.3 Å². The highest BCUT2D eigenvalue weighted by molar-refractivity contribution is 5.97. The van der Waals surface area contributed by atoms with Crippen molar-refractivity contribution in [3.05, 3.63) is 59.3 Å². The SMILES string of the molecule is [2H]C([2H])([2H])N1CC(=O)N2[C@]([2H])(c3ccc4c(c3)OCO4)c3[nH]c4ccccc4c3C([2H])([2H])[C@]2([2H])C1=O. The first-order chi connectivity index (χ1) is 16.8. The number of hydrogen-bond donors (Lipinski definition) is 1. The van der Waals surface area contributed by atoms with Gasteiger partial charge in [0.2, 0.25) is 18.6 Å². The van der Waals surface area contributed by atoms with Crippen molar-refractivity contribution in [2.75, 3.05) is 20.3 Å². The molecular weight excluding hydrogens is 370 g/mol. The number of hydrogen-bond acceptors (Lipinski definition) is 4. The number of likely N-dealkylation sites (N-methyl/N-ethyl adjacent to an activating group) is 1. The Bertz CT molecular complexity index is 1470. The molecule has 0 unspecified atom stereocenters. The molecule has 2 amide bonds. The molecule has 0 spiro atoms. The van der Waals surface area contributed by atoms with Crippen LogP contribution in [0.3, 0.4) is 0 Å². The number of fused-ring (bicyclic) bond motifs is 5. The molecule has 1 saturated heterocycles. The molecular formula is C22H19N3O4. The lowest BCUT2D eigenvalue weighted by molar-refractivity contribution is -0.157. The largest absolute Gasteiger partial charge is 0.454 e. The molecule has 0 saturated carbocycles. The van der Waals surface area contributed by atoms with Crippen molar-refractivity contribution in [1.29, 1.82) is 0 Å². The van der Waals surface area contributed by atoms with Gasteiger partial charge >= 0.3 is 0 Å². The van der Waals surface area contributed by atoms with E-state index in [1.165, 1.54) is 18.2 Å². The lowest BCUT2D eigenvalue weighted by Crippen LogP contribution is -2.62. The van der Waals surface area contributed by atoms with Gasteiger partial charge in [0.05, 0.1) is 15.3 Å². The van der Waals surface area contributed by atoms with Crippen LogP contribution in [0.2, 0.25) is 0 Å². The maximum absolute atomic E-state index is 13.7. The summed E-state index contributed by atoms with van der Waals surface area (Å²) in [7, 11) is 0. The fraction of sp³-hybridized carbons (Fsp3) is 0.273. The molecule has 0 radical (unpaired) electrons. The second-order valence-corrected chi connectivity index (χ2v) is 6.93. The first-order valence-electron chi connectivity index (χ1n) is 12.5. The van der Waals surface area contributed by atoms with Crippen molar-refractivity contribution in [2.24, 2.45) is 0 Å². The number of carbonyl (C=O) groups is 2. The summed E-state index contributed by atoms with van der Waals surface area (Å²) < 4.78 is 71.0. The van der Waals surface area contributed by atoms with Gasteiger partial charge in [-0.3, -0.25) is 9.59 Å². The number of aromatic amines is 1. The summed E-state index contributed by atoms with van der Waals surface area (Å²) in [4.78, 5) is 31.1. The summed E-state index contributed by atoms with van der Waals surface area (Å²) in [6.07, 6.45) is -2.89. The van der Waals surface area contributed by atoms with Crippen LogP contribution >= 0.6 is 0 Å². The molecule has 2 atom stereocenters. The molecule has 3 aliphatic heterocycles. The first kappa shape index (κ1) is 10.9. The first-order valence-corrected chi connectivity index (χ1v) is 9.00. The minimum atomic E-state index is -3.10. The Labute approximate surface area is 176 Å². The minimum absolute atomic E-state index is 0.0427. The second kappa shape index (κ2) is 5.76. The summed E-state index contributed by atoms with van der Waals surface area (Å²) in [6.45, 7) is -4.08. The van der Waals surface area contributed by atoms with Crippen molar-refractivity contribution >= 4 is 22.7 Å². The topological polar surface area (TPSA) is 74.9 Å². The highest BCUT2D eigenvalue weighted by Gasteiger charge is 2.47. The summed E-state index contributed by atoms with van der Waals surface area (Å²) in [6, 6.07) is 5.60. The number of rotatable bonds is 1. The van der Waals surface area contributed by atoms with Gasteiger partial charge in [-0.25, -0.2) is 0 Å². The smallest absolute Gasteiger partial charge is 0.245 e. The average Bonchev–Trinajstić information content (AvgIpc) is 3.44. The lowest BCUT2D eigenvalue weighted by Gasteiger charge is -2.46. The van der Waals surface area contributed by atoms with E-state index >= 15 is 0 Å². The number of nitrogens with zero attached hydrogens (tertiary/aromatic N) is 2. The van der Waals surface area contributed by atoms with Gasteiger partial charge in [0.25, 0.3) is 0 Å². The van der Waals surface area contributed by atoms with E-state index in [9.17, 15) is 12.3 Å². The van der Waals surface area contributed by atoms with Gasteiger partial charge in [-0.1, -0.05) is 24.3 Å². The van der Waals surface area contributed by atoms with E-state index in [0.717, 1.165) is 0 Å². The van der Waals surface area contributed by atoms with Crippen LogP contribution < -0.4 is 9.47 Å². The van der Waals surface area contributed by atoms with Gasteiger partial charge in [-0.15, -0.1) is 0 Å². The third kappa shape index (κ3) is 2.24. The molecule has 3 aromatic rings. The van der Waals surface area contributed by atoms with E-state index in [0.29, 0.717) is 21.6 Å². The number of H-pyrrole nitrogens is 1. The van der Waals surface area contributed by atoms with E-state index in [1.807, 2.05) is 0 Å². The maximum atomic E-state index is 13.7. The highest BCUT2D eigenvalue weighted by atomic mass is 16.7. The standard InChI is InChI=1S/C22H19N3O4/c1-24-10-19(26)25-16(22(24)27)9-14-13-4-2-3-5-15(13)23-20(14)21(25)12-6-7-17-18(8-12)29-11-28-17/h2-8,16,21,23H,9-11H2,1H3/t16-,21-/m1/s1/i1D3,9D2,16D,21D. The Balaban J connectivity index is 1.72. The zero-order chi connectivity index (χ0) is 25.8. The molecule has 7 heteroatoms. The van der Waals surface area contributed by atoms with Crippen LogP contribution in [0.15, 0.2) is 42.5 Å². The number of amides is 2. The molecule has 2 aromatic carbocycles. The van der Waals surface area contributed by atoms with Crippen LogP contribution in [0.4, 0.5) is 0 Å². The predicted octanol–water partition coefficient (Wildman–Crippen LogP) is 2.21. The molecule has 0 bridgehead atoms. The summed E-state index contributed by atoms with van der Waals surface area (Å²) >= 11 is 0. The monoisotopic (exact) mass is 396 g/mol. The lowest BCUT2D eigenvalue weighted by atomic mass is 9.86. The molecule has 1 aromatic heterocycles. The summed E-state index contributed by atoms with van der Waals surface area (Å²) in [5, 5.41) is 0.312. The van der Waals surface area contributed by atoms with E-state index in [2.05, 4.69) is 4.98 Å². The normalized spacial score (nSPS) is 33.6. The van der Waals surface area contributed by atoms with Crippen molar-refractivity contribution in [3.8, 4) is 11.5 Å². The molecule has 1 N–H and O–H groups in total. The number of piperazine rings is 1. The third-order valence-electron chi connectivity index (χ3n) is 5.27. The van der Waals surface area contributed by atoms with Gasteiger partial charge in [0.1, 0.15) is 6.02 Å². The highest BCUT2D eigenvalue weighted by Crippen LogP contribution is 2.44. The number of benzene rings is 2. The minimum Gasteiger partial charge on any atom is -0.454 e. The molecule has 3 aliphatic rings. The average molecular weight is 396 g/mol. The number of nitrogens with one attached hydrogen (secondary N) is 1. The van der Waals surface area contributed by atoms with Crippen molar-refractivity contribution in [3.63, 3.8) is 0 Å². The summed E-state index contributed by atoms with van der Waals surface area (Å²) in [5.74, 6) is -1.81. The number of ether oxygens (including phenoxy) is 2. The van der Waals surface area contributed by atoms with Crippen LogP contribution in [0.25, 0.3) is 10.9 Å².